The normalized spacial score (nSPS) is 10.8. The first kappa shape index (κ1) is 17.5. The molecule has 26 heavy (non-hydrogen) atoms. The van der Waals surface area contributed by atoms with Gasteiger partial charge in [0.2, 0.25) is 0 Å². The van der Waals surface area contributed by atoms with Crippen molar-refractivity contribution in [2.75, 3.05) is 6.61 Å². The Morgan fingerprint density at radius 3 is 2.42 bits per heavy atom. The average molecular weight is 347 g/mol. The summed E-state index contributed by atoms with van der Waals surface area (Å²) in [5.41, 5.74) is 6.71. The lowest BCUT2D eigenvalue weighted by atomic mass is 10.2. The van der Waals surface area contributed by atoms with Crippen LogP contribution in [0.5, 0.6) is 5.75 Å². The zero-order chi connectivity index (χ0) is 18.4. The number of nitrogens with zero attached hydrogens (tertiary/aromatic N) is 2. The number of carbonyl (C=O) groups excluding carboxylic acids is 1. The molecule has 0 spiro atoms. The van der Waals surface area contributed by atoms with Crippen LogP contribution in [0.1, 0.15) is 17.0 Å². The van der Waals surface area contributed by atoms with Gasteiger partial charge in [0.15, 0.2) is 6.61 Å². The fourth-order valence-corrected chi connectivity index (χ4v) is 2.76. The lowest BCUT2D eigenvalue weighted by Crippen LogP contribution is -2.24. The Morgan fingerprint density at radius 1 is 1.08 bits per heavy atom. The molecule has 132 valence electrons. The minimum absolute atomic E-state index is 0.0790. The molecule has 1 aromatic heterocycles. The topological polar surface area (TPSA) is 55.6 Å². The molecule has 0 bridgehead atoms. The first-order valence-corrected chi connectivity index (χ1v) is 8.39. The second kappa shape index (κ2) is 8.16. The molecule has 1 heterocycles. The number of hydrogen-bond acceptors (Lipinski definition) is 3. The maximum atomic E-state index is 11.8. The number of carbonyl (C=O) groups is 1. The summed E-state index contributed by atoms with van der Waals surface area (Å²) in [5, 5.41) is 4.04. The van der Waals surface area contributed by atoms with E-state index in [9.17, 15) is 4.79 Å². The third kappa shape index (κ3) is 4.19. The van der Waals surface area contributed by atoms with Crippen LogP contribution in [-0.2, 0) is 4.79 Å². The summed E-state index contributed by atoms with van der Waals surface area (Å²) in [6.07, 6.45) is 1.65. The maximum absolute atomic E-state index is 11.8. The predicted octanol–water partition coefficient (Wildman–Crippen LogP) is 3.62. The molecule has 0 saturated heterocycles. The summed E-state index contributed by atoms with van der Waals surface area (Å²) in [7, 11) is 0. The fourth-order valence-electron chi connectivity index (χ4n) is 2.76. The van der Waals surface area contributed by atoms with Crippen LogP contribution in [-0.4, -0.2) is 23.3 Å². The molecule has 0 atom stereocenters. The van der Waals surface area contributed by atoms with Gasteiger partial charge in [-0.3, -0.25) is 4.79 Å². The molecular formula is C21H21N3O2. The van der Waals surface area contributed by atoms with E-state index in [0.29, 0.717) is 5.75 Å². The van der Waals surface area contributed by atoms with Gasteiger partial charge in [0, 0.05) is 22.6 Å². The molecule has 5 heteroatoms. The zero-order valence-corrected chi connectivity index (χ0v) is 14.8. The van der Waals surface area contributed by atoms with Crippen molar-refractivity contribution in [3.8, 4) is 11.4 Å². The van der Waals surface area contributed by atoms with Crippen LogP contribution in [0.3, 0.4) is 0 Å². The van der Waals surface area contributed by atoms with E-state index < -0.39 is 0 Å². The second-order valence-corrected chi connectivity index (χ2v) is 5.89. The van der Waals surface area contributed by atoms with E-state index in [0.717, 1.165) is 22.6 Å². The Hall–Kier alpha value is -3.34. The Balaban J connectivity index is 1.61. The molecule has 1 N–H and O–H groups in total. The molecule has 0 saturated carbocycles. The molecule has 0 unspecified atom stereocenters. The molecule has 3 rings (SSSR count). The molecule has 3 aromatic rings. The van der Waals surface area contributed by atoms with E-state index in [1.807, 2.05) is 56.3 Å². The van der Waals surface area contributed by atoms with E-state index in [4.69, 9.17) is 4.74 Å². The second-order valence-electron chi connectivity index (χ2n) is 5.89. The summed E-state index contributed by atoms with van der Waals surface area (Å²) < 4.78 is 7.54. The van der Waals surface area contributed by atoms with E-state index in [-0.39, 0.29) is 12.5 Å². The van der Waals surface area contributed by atoms with Crippen LogP contribution in [0, 0.1) is 13.8 Å². The fraction of sp³-hybridized carbons (Fsp3) is 0.143. The predicted molar refractivity (Wildman–Crippen MR) is 103 cm³/mol. The first-order chi connectivity index (χ1) is 12.6. The molecule has 0 radical (unpaired) electrons. The Kier molecular flexibility index (Phi) is 5.49. The van der Waals surface area contributed by atoms with Crippen molar-refractivity contribution in [2.45, 2.75) is 13.8 Å². The molecule has 5 nitrogen and oxygen atoms in total. The van der Waals surface area contributed by atoms with Gasteiger partial charge in [0.25, 0.3) is 5.91 Å². The smallest absolute Gasteiger partial charge is 0.277 e. The van der Waals surface area contributed by atoms with Gasteiger partial charge in [-0.2, -0.15) is 5.10 Å². The first-order valence-electron chi connectivity index (χ1n) is 8.39. The monoisotopic (exact) mass is 347 g/mol. The largest absolute Gasteiger partial charge is 0.484 e. The Morgan fingerprint density at radius 2 is 1.73 bits per heavy atom. The average Bonchev–Trinajstić information content (AvgIpc) is 2.95. The van der Waals surface area contributed by atoms with Crippen molar-refractivity contribution in [3.63, 3.8) is 0 Å². The Labute approximate surface area is 152 Å². The van der Waals surface area contributed by atoms with Crippen molar-refractivity contribution in [3.05, 3.63) is 83.7 Å². The number of aromatic nitrogens is 1. The third-order valence-electron chi connectivity index (χ3n) is 3.99. The van der Waals surface area contributed by atoms with Gasteiger partial charge >= 0.3 is 0 Å². The van der Waals surface area contributed by atoms with Gasteiger partial charge < -0.3 is 9.30 Å². The molecule has 0 fully saturated rings. The summed E-state index contributed by atoms with van der Waals surface area (Å²) in [4.78, 5) is 11.8. The van der Waals surface area contributed by atoms with Gasteiger partial charge in [-0.05, 0) is 44.2 Å². The number of benzene rings is 2. The van der Waals surface area contributed by atoms with Gasteiger partial charge in [-0.1, -0.05) is 36.4 Å². The lowest BCUT2D eigenvalue weighted by molar-refractivity contribution is -0.123. The Bertz CT molecular complexity index is 900. The van der Waals surface area contributed by atoms with Crippen molar-refractivity contribution >= 4 is 12.1 Å². The van der Waals surface area contributed by atoms with Crippen LogP contribution in [0.25, 0.3) is 5.69 Å². The van der Waals surface area contributed by atoms with Crippen LogP contribution in [0.4, 0.5) is 0 Å². The number of hydrazone groups is 1. The van der Waals surface area contributed by atoms with E-state index in [1.165, 1.54) is 0 Å². The number of nitrogens with one attached hydrogen (secondary N) is 1. The van der Waals surface area contributed by atoms with Gasteiger partial charge in [-0.15, -0.1) is 0 Å². The number of hydrogen-bond donors (Lipinski definition) is 1. The molecular weight excluding hydrogens is 326 g/mol. The van der Waals surface area contributed by atoms with E-state index in [1.54, 1.807) is 18.3 Å². The lowest BCUT2D eigenvalue weighted by Gasteiger charge is -2.09. The van der Waals surface area contributed by atoms with Crippen LogP contribution >= 0.6 is 0 Å². The van der Waals surface area contributed by atoms with Crippen LogP contribution in [0.15, 0.2) is 71.8 Å². The highest BCUT2D eigenvalue weighted by molar-refractivity contribution is 5.84. The number of ether oxygens (including phenoxy) is 1. The quantitative estimate of drug-likeness (QED) is 0.547. The standard InChI is InChI=1S/C21H21N3O2/c1-16-13-18(17(2)24(16)19-9-5-3-6-10-19)14-22-23-21(25)15-26-20-11-7-4-8-12-20/h3-14H,15H2,1-2H3,(H,23,25)/b22-14-. The summed E-state index contributed by atoms with van der Waals surface area (Å²) >= 11 is 0. The number of aryl methyl sites for hydroxylation is 1. The highest BCUT2D eigenvalue weighted by Gasteiger charge is 2.09. The SMILES string of the molecule is Cc1cc(/C=N\NC(=O)COc2ccccc2)c(C)n1-c1ccccc1. The number of rotatable bonds is 6. The minimum Gasteiger partial charge on any atom is -0.484 e. The highest BCUT2D eigenvalue weighted by atomic mass is 16.5. The maximum Gasteiger partial charge on any atom is 0.277 e. The highest BCUT2D eigenvalue weighted by Crippen LogP contribution is 2.19. The summed E-state index contributed by atoms with van der Waals surface area (Å²) in [6, 6.07) is 21.4. The number of para-hydroxylation sites is 2. The van der Waals surface area contributed by atoms with Crippen LogP contribution < -0.4 is 10.2 Å². The van der Waals surface area contributed by atoms with Gasteiger partial charge in [0.05, 0.1) is 6.21 Å². The van der Waals surface area contributed by atoms with E-state index in [2.05, 4.69) is 27.2 Å². The minimum atomic E-state index is -0.304. The third-order valence-corrected chi connectivity index (χ3v) is 3.99. The van der Waals surface area contributed by atoms with Crippen molar-refractivity contribution in [1.82, 2.24) is 9.99 Å². The summed E-state index contributed by atoms with van der Waals surface area (Å²) in [5.74, 6) is 0.347. The van der Waals surface area contributed by atoms with Crippen molar-refractivity contribution in [1.29, 1.82) is 0 Å². The molecule has 1 amide bonds. The molecule has 0 aliphatic heterocycles. The van der Waals surface area contributed by atoms with Gasteiger partial charge in [-0.25, -0.2) is 5.43 Å². The summed E-state index contributed by atoms with van der Waals surface area (Å²) in [6.45, 7) is 4.00. The molecule has 0 aliphatic carbocycles. The van der Waals surface area contributed by atoms with Crippen molar-refractivity contribution < 1.29 is 9.53 Å². The van der Waals surface area contributed by atoms with E-state index >= 15 is 0 Å². The molecule has 2 aromatic carbocycles. The number of amides is 1. The molecule has 0 aliphatic rings. The van der Waals surface area contributed by atoms with Gasteiger partial charge in [0.1, 0.15) is 5.75 Å². The van der Waals surface area contributed by atoms with Crippen LogP contribution in [0.2, 0.25) is 0 Å². The zero-order valence-electron chi connectivity index (χ0n) is 14.8. The van der Waals surface area contributed by atoms with Crippen molar-refractivity contribution in [2.24, 2.45) is 5.10 Å².